The number of benzene rings is 2. The van der Waals surface area contributed by atoms with Gasteiger partial charge in [-0.05, 0) is 36.4 Å². The van der Waals surface area contributed by atoms with Gasteiger partial charge in [0, 0.05) is 16.8 Å². The second kappa shape index (κ2) is 5.82. The van der Waals surface area contributed by atoms with Crippen molar-refractivity contribution in [1.82, 2.24) is 9.97 Å². The Morgan fingerprint density at radius 3 is 2.72 bits per heavy atom. The van der Waals surface area contributed by atoms with Crippen LogP contribution in [0.4, 0.5) is 5.69 Å². The van der Waals surface area contributed by atoms with Gasteiger partial charge in [-0.2, -0.15) is 0 Å². The monoisotopic (exact) mass is 354 g/mol. The highest BCUT2D eigenvalue weighted by molar-refractivity contribution is 6.31. The molecule has 0 radical (unpaired) electrons. The van der Waals surface area contributed by atoms with E-state index >= 15 is 0 Å². The van der Waals surface area contributed by atoms with Gasteiger partial charge in [-0.15, -0.1) is 0 Å². The van der Waals surface area contributed by atoms with Gasteiger partial charge in [0.25, 0.3) is 0 Å². The third-order valence-electron chi connectivity index (χ3n) is 4.17. The lowest BCUT2D eigenvalue weighted by Crippen LogP contribution is -2.26. The quantitative estimate of drug-likeness (QED) is 0.663. The number of halogens is 1. The number of hydrogen-bond acceptors (Lipinski definition) is 4. The van der Waals surface area contributed by atoms with E-state index in [0.29, 0.717) is 22.2 Å². The summed E-state index contributed by atoms with van der Waals surface area (Å²) in [7, 11) is 1.60. The minimum atomic E-state index is 0.103. The van der Waals surface area contributed by atoms with Crippen LogP contribution in [0.2, 0.25) is 5.02 Å². The van der Waals surface area contributed by atoms with Crippen molar-refractivity contribution in [2.24, 2.45) is 0 Å². The van der Waals surface area contributed by atoms with Crippen LogP contribution in [0.15, 0.2) is 48.2 Å². The number of H-pyrrole nitrogens is 1. The Balaban J connectivity index is 1.71. The molecule has 0 unspecified atom stereocenters. The molecule has 3 N–H and O–H groups in total. The molecule has 0 saturated heterocycles. The van der Waals surface area contributed by atoms with Crippen molar-refractivity contribution >= 4 is 39.7 Å². The average molecular weight is 355 g/mol. The molecule has 0 fully saturated rings. The number of amidine groups is 1. The van der Waals surface area contributed by atoms with E-state index in [9.17, 15) is 5.11 Å². The van der Waals surface area contributed by atoms with Gasteiger partial charge >= 0.3 is 0 Å². The molecule has 1 aliphatic rings. The molecule has 1 aromatic heterocycles. The summed E-state index contributed by atoms with van der Waals surface area (Å²) >= 11 is 5.92. The second-order valence-corrected chi connectivity index (χ2v) is 6.14. The molecule has 0 saturated carbocycles. The Hall–Kier alpha value is -2.99. The van der Waals surface area contributed by atoms with Crippen molar-refractivity contribution in [3.8, 4) is 5.75 Å². The number of nitrogens with zero attached hydrogens (tertiary/aromatic N) is 2. The van der Waals surface area contributed by atoms with Gasteiger partial charge in [0.2, 0.25) is 0 Å². The van der Waals surface area contributed by atoms with Gasteiger partial charge < -0.3 is 19.7 Å². The molecule has 25 heavy (non-hydrogen) atoms. The number of aromatic amines is 1. The molecule has 0 aliphatic carbocycles. The van der Waals surface area contributed by atoms with E-state index in [1.165, 1.54) is 0 Å². The fourth-order valence-electron chi connectivity index (χ4n) is 2.90. The van der Waals surface area contributed by atoms with Crippen molar-refractivity contribution in [3.63, 3.8) is 0 Å². The topological polar surface area (TPSA) is 85.2 Å². The van der Waals surface area contributed by atoms with Gasteiger partial charge in [0.1, 0.15) is 23.2 Å². The van der Waals surface area contributed by atoms with Crippen LogP contribution in [0.3, 0.4) is 0 Å². The van der Waals surface area contributed by atoms with Crippen LogP contribution in [0.25, 0.3) is 16.6 Å². The zero-order chi connectivity index (χ0) is 17.6. The van der Waals surface area contributed by atoms with E-state index in [4.69, 9.17) is 21.7 Å². The summed E-state index contributed by atoms with van der Waals surface area (Å²) in [4.78, 5) is 9.36. The molecule has 2 heterocycles. The van der Waals surface area contributed by atoms with Crippen molar-refractivity contribution < 1.29 is 9.84 Å². The predicted molar refractivity (Wildman–Crippen MR) is 98.7 cm³/mol. The van der Waals surface area contributed by atoms with Crippen molar-refractivity contribution in [1.29, 1.82) is 5.41 Å². The molecule has 6 nitrogen and oxygen atoms in total. The average Bonchev–Trinajstić information content (AvgIpc) is 3.15. The third kappa shape index (κ3) is 2.60. The molecule has 7 heteroatoms. The number of ether oxygens (including phenoxy) is 1. The first-order valence-electron chi connectivity index (χ1n) is 7.65. The molecule has 3 aromatic rings. The first-order valence-corrected chi connectivity index (χ1v) is 8.03. The zero-order valence-corrected chi connectivity index (χ0v) is 14.1. The molecule has 0 bridgehead atoms. The number of hydrogen-bond donors (Lipinski definition) is 3. The maximum Gasteiger partial charge on any atom is 0.145 e. The summed E-state index contributed by atoms with van der Waals surface area (Å²) in [5.41, 5.74) is 2.71. The van der Waals surface area contributed by atoms with Crippen LogP contribution in [0, 0.1) is 5.41 Å². The lowest BCUT2D eigenvalue weighted by Gasteiger charge is -2.18. The summed E-state index contributed by atoms with van der Waals surface area (Å²) in [5, 5.41) is 19.5. The van der Waals surface area contributed by atoms with Gasteiger partial charge in [-0.1, -0.05) is 11.6 Å². The number of anilines is 1. The van der Waals surface area contributed by atoms with E-state index in [2.05, 4.69) is 9.97 Å². The Kier molecular flexibility index (Phi) is 3.62. The highest BCUT2D eigenvalue weighted by atomic mass is 35.5. The normalized spacial score (nSPS) is 14.6. The lowest BCUT2D eigenvalue weighted by atomic mass is 10.2. The Labute approximate surface area is 148 Å². The standard InChI is InChI=1S/C18H15ClN4O2/c1-25-12-6-7-13-14(8-12)22-18(21-13)16-15(24)9-23(17(16)20)11-4-2-10(19)3-5-11/h2-8,20,24H,9H2,1H3,(H,21,22). The predicted octanol–water partition coefficient (Wildman–Crippen LogP) is 3.99. The number of nitrogens with one attached hydrogen (secondary N) is 2. The summed E-state index contributed by atoms with van der Waals surface area (Å²) in [6.45, 7) is 0.218. The highest BCUT2D eigenvalue weighted by Crippen LogP contribution is 2.31. The fourth-order valence-corrected chi connectivity index (χ4v) is 3.03. The number of fused-ring (bicyclic) bond motifs is 1. The van der Waals surface area contributed by atoms with Crippen molar-refractivity contribution in [2.45, 2.75) is 0 Å². The second-order valence-electron chi connectivity index (χ2n) is 5.70. The molecular formula is C18H15ClN4O2. The number of aromatic nitrogens is 2. The molecule has 0 amide bonds. The zero-order valence-electron chi connectivity index (χ0n) is 13.4. The molecule has 0 atom stereocenters. The van der Waals surface area contributed by atoms with E-state index in [1.54, 1.807) is 24.1 Å². The van der Waals surface area contributed by atoms with Crippen LogP contribution in [-0.2, 0) is 0 Å². The lowest BCUT2D eigenvalue weighted by molar-refractivity contribution is 0.411. The molecule has 2 aromatic carbocycles. The smallest absolute Gasteiger partial charge is 0.145 e. The Morgan fingerprint density at radius 2 is 2.00 bits per heavy atom. The number of rotatable bonds is 3. The van der Waals surface area contributed by atoms with Crippen LogP contribution >= 0.6 is 11.6 Å². The maximum atomic E-state index is 10.4. The van der Waals surface area contributed by atoms with Gasteiger partial charge in [-0.3, -0.25) is 5.41 Å². The summed E-state index contributed by atoms with van der Waals surface area (Å²) in [5.74, 6) is 1.46. The van der Waals surface area contributed by atoms with Gasteiger partial charge in [0.05, 0.1) is 30.3 Å². The Morgan fingerprint density at radius 1 is 1.24 bits per heavy atom. The maximum absolute atomic E-state index is 10.4. The van der Waals surface area contributed by atoms with E-state index in [0.717, 1.165) is 16.7 Å². The van der Waals surface area contributed by atoms with Gasteiger partial charge in [-0.25, -0.2) is 4.98 Å². The van der Waals surface area contributed by atoms with E-state index in [-0.39, 0.29) is 18.1 Å². The SMILES string of the molecule is COc1ccc2nc(C3=C(O)CN(c4ccc(Cl)cc4)C3=N)[nH]c2c1. The summed E-state index contributed by atoms with van der Waals surface area (Å²) < 4.78 is 5.21. The van der Waals surface area contributed by atoms with Crippen LogP contribution in [0.1, 0.15) is 5.82 Å². The first kappa shape index (κ1) is 15.5. The van der Waals surface area contributed by atoms with Crippen molar-refractivity contribution in [3.05, 3.63) is 59.1 Å². The minimum Gasteiger partial charge on any atom is -0.509 e. The summed E-state index contributed by atoms with van der Waals surface area (Å²) in [6, 6.07) is 12.6. The third-order valence-corrected chi connectivity index (χ3v) is 4.42. The Bertz CT molecular complexity index is 1010. The number of aliphatic hydroxyl groups is 1. The molecule has 0 spiro atoms. The number of aliphatic hydroxyl groups excluding tert-OH is 1. The van der Waals surface area contributed by atoms with E-state index < -0.39 is 0 Å². The van der Waals surface area contributed by atoms with Crippen LogP contribution in [-0.4, -0.2) is 34.6 Å². The number of imidazole rings is 1. The number of methoxy groups -OCH3 is 1. The minimum absolute atomic E-state index is 0.103. The fraction of sp³-hybridized carbons (Fsp3) is 0.111. The summed E-state index contributed by atoms with van der Waals surface area (Å²) in [6.07, 6.45) is 0. The van der Waals surface area contributed by atoms with Crippen molar-refractivity contribution in [2.75, 3.05) is 18.6 Å². The van der Waals surface area contributed by atoms with Crippen LogP contribution < -0.4 is 9.64 Å². The highest BCUT2D eigenvalue weighted by Gasteiger charge is 2.31. The molecule has 4 rings (SSSR count). The van der Waals surface area contributed by atoms with Crippen LogP contribution in [0.5, 0.6) is 5.75 Å². The molecule has 126 valence electrons. The van der Waals surface area contributed by atoms with Gasteiger partial charge in [0.15, 0.2) is 0 Å². The largest absolute Gasteiger partial charge is 0.509 e. The first-order chi connectivity index (χ1) is 12.1. The molecular weight excluding hydrogens is 340 g/mol. The molecule has 1 aliphatic heterocycles. The van der Waals surface area contributed by atoms with E-state index in [1.807, 2.05) is 30.3 Å².